The molecular formula is C7H13NO4S. The molecule has 76 valence electrons. The molecule has 0 amide bonds. The van der Waals surface area contributed by atoms with Crippen LogP contribution < -0.4 is 5.73 Å². The summed E-state index contributed by atoms with van der Waals surface area (Å²) in [7, 11) is -1.55. The summed E-state index contributed by atoms with van der Waals surface area (Å²) in [5, 5.41) is 0. The standard InChI is InChI=1S/C7H13NO4S/c1-12-7(9)6(8)2-5-3-13(10,11)4-5/h5-6H,2-4,8H2,1H3. The molecule has 13 heavy (non-hydrogen) atoms. The lowest BCUT2D eigenvalue weighted by molar-refractivity contribution is -0.142. The Morgan fingerprint density at radius 3 is 2.54 bits per heavy atom. The van der Waals surface area contributed by atoms with E-state index in [-0.39, 0.29) is 17.4 Å². The Bertz CT molecular complexity index is 286. The first-order valence-corrected chi connectivity index (χ1v) is 5.80. The van der Waals surface area contributed by atoms with E-state index in [2.05, 4.69) is 4.74 Å². The maximum absolute atomic E-state index is 10.9. The highest BCUT2D eigenvalue weighted by Crippen LogP contribution is 2.22. The van der Waals surface area contributed by atoms with Crippen LogP contribution in [0.2, 0.25) is 0 Å². The van der Waals surface area contributed by atoms with Crippen LogP contribution in [-0.2, 0) is 19.4 Å². The van der Waals surface area contributed by atoms with Gasteiger partial charge in [-0.1, -0.05) is 0 Å². The predicted octanol–water partition coefficient (Wildman–Crippen LogP) is -1.08. The highest BCUT2D eigenvalue weighted by Gasteiger charge is 2.35. The van der Waals surface area contributed by atoms with Crippen molar-refractivity contribution in [3.8, 4) is 0 Å². The summed E-state index contributed by atoms with van der Waals surface area (Å²) in [6.45, 7) is 0. The Balaban J connectivity index is 2.32. The SMILES string of the molecule is COC(=O)C(N)CC1CS(=O)(=O)C1. The largest absolute Gasteiger partial charge is 0.468 e. The molecule has 1 atom stereocenters. The Morgan fingerprint density at radius 2 is 2.15 bits per heavy atom. The quantitative estimate of drug-likeness (QED) is 0.595. The number of hydrogen-bond acceptors (Lipinski definition) is 5. The number of methoxy groups -OCH3 is 1. The van der Waals surface area contributed by atoms with E-state index in [1.807, 2.05) is 0 Å². The minimum absolute atomic E-state index is 0.0269. The fourth-order valence-corrected chi connectivity index (χ4v) is 3.02. The number of esters is 1. The van der Waals surface area contributed by atoms with Crippen molar-refractivity contribution < 1.29 is 17.9 Å². The average molecular weight is 207 g/mol. The second-order valence-electron chi connectivity index (χ2n) is 3.31. The normalized spacial score (nSPS) is 23.2. The molecule has 0 aromatic carbocycles. The lowest BCUT2D eigenvalue weighted by atomic mass is 10.0. The Kier molecular flexibility index (Phi) is 2.92. The molecule has 0 aliphatic carbocycles. The van der Waals surface area contributed by atoms with Gasteiger partial charge in [-0.05, 0) is 12.3 Å². The first-order valence-electron chi connectivity index (χ1n) is 3.98. The van der Waals surface area contributed by atoms with Gasteiger partial charge in [0.2, 0.25) is 0 Å². The van der Waals surface area contributed by atoms with Crippen molar-refractivity contribution in [2.75, 3.05) is 18.6 Å². The number of rotatable bonds is 3. The second-order valence-corrected chi connectivity index (χ2v) is 5.46. The van der Waals surface area contributed by atoms with Gasteiger partial charge in [-0.3, -0.25) is 4.79 Å². The third kappa shape index (κ3) is 2.67. The highest BCUT2D eigenvalue weighted by molar-refractivity contribution is 7.92. The Morgan fingerprint density at radius 1 is 1.62 bits per heavy atom. The van der Waals surface area contributed by atoms with Gasteiger partial charge in [0.1, 0.15) is 6.04 Å². The number of carbonyl (C=O) groups excluding carboxylic acids is 1. The van der Waals surface area contributed by atoms with Crippen molar-refractivity contribution in [2.45, 2.75) is 12.5 Å². The molecule has 0 aromatic heterocycles. The van der Waals surface area contributed by atoms with Crippen LogP contribution in [0.3, 0.4) is 0 Å². The van der Waals surface area contributed by atoms with E-state index < -0.39 is 21.8 Å². The zero-order chi connectivity index (χ0) is 10.1. The number of sulfone groups is 1. The number of nitrogens with two attached hydrogens (primary N) is 1. The van der Waals surface area contributed by atoms with Crippen LogP contribution in [0.15, 0.2) is 0 Å². The smallest absolute Gasteiger partial charge is 0.322 e. The summed E-state index contributed by atoms with van der Waals surface area (Å²) < 4.78 is 25.9. The first-order chi connectivity index (χ1) is 5.94. The van der Waals surface area contributed by atoms with Crippen LogP contribution in [0.1, 0.15) is 6.42 Å². The lowest BCUT2D eigenvalue weighted by Gasteiger charge is -2.27. The van der Waals surface area contributed by atoms with Crippen LogP contribution in [-0.4, -0.2) is 39.0 Å². The zero-order valence-electron chi connectivity index (χ0n) is 7.39. The molecule has 0 saturated carbocycles. The third-order valence-electron chi connectivity index (χ3n) is 2.07. The van der Waals surface area contributed by atoms with Crippen molar-refractivity contribution >= 4 is 15.8 Å². The fraction of sp³-hybridized carbons (Fsp3) is 0.857. The third-order valence-corrected chi connectivity index (χ3v) is 4.03. The maximum atomic E-state index is 10.9. The molecule has 6 heteroatoms. The van der Waals surface area contributed by atoms with Crippen LogP contribution in [0.25, 0.3) is 0 Å². The molecule has 2 N–H and O–H groups in total. The van der Waals surface area contributed by atoms with Gasteiger partial charge >= 0.3 is 5.97 Å². The van der Waals surface area contributed by atoms with Gasteiger partial charge < -0.3 is 10.5 Å². The van der Waals surface area contributed by atoms with Gasteiger partial charge in [-0.15, -0.1) is 0 Å². The topological polar surface area (TPSA) is 86.5 Å². The minimum Gasteiger partial charge on any atom is -0.468 e. The van der Waals surface area contributed by atoms with Crippen molar-refractivity contribution in [3.63, 3.8) is 0 Å². The molecule has 5 nitrogen and oxygen atoms in total. The van der Waals surface area contributed by atoms with Gasteiger partial charge in [0, 0.05) is 0 Å². The highest BCUT2D eigenvalue weighted by atomic mass is 32.2. The molecule has 0 bridgehead atoms. The van der Waals surface area contributed by atoms with Crippen molar-refractivity contribution in [2.24, 2.45) is 11.7 Å². The van der Waals surface area contributed by atoms with Crippen LogP contribution in [0.5, 0.6) is 0 Å². The monoisotopic (exact) mass is 207 g/mol. The fourth-order valence-electron chi connectivity index (χ4n) is 1.41. The van der Waals surface area contributed by atoms with Crippen molar-refractivity contribution in [1.29, 1.82) is 0 Å². The molecule has 1 aliphatic heterocycles. The van der Waals surface area contributed by atoms with Crippen molar-refractivity contribution in [1.82, 2.24) is 0 Å². The van der Waals surface area contributed by atoms with Gasteiger partial charge in [0.15, 0.2) is 9.84 Å². The van der Waals surface area contributed by atoms with E-state index in [0.717, 1.165) is 0 Å². The number of carbonyl (C=O) groups is 1. The van der Waals surface area contributed by atoms with Gasteiger partial charge in [-0.2, -0.15) is 0 Å². The number of ether oxygens (including phenoxy) is 1. The second kappa shape index (κ2) is 3.63. The molecule has 0 radical (unpaired) electrons. The summed E-state index contributed by atoms with van der Waals surface area (Å²) in [6, 6.07) is -0.689. The van der Waals surface area contributed by atoms with Gasteiger partial charge in [-0.25, -0.2) is 8.42 Å². The Labute approximate surface area is 77.2 Å². The Hall–Kier alpha value is -0.620. The minimum atomic E-state index is -2.82. The van der Waals surface area contributed by atoms with E-state index >= 15 is 0 Å². The molecule has 0 spiro atoms. The van der Waals surface area contributed by atoms with E-state index in [4.69, 9.17) is 5.73 Å². The molecule has 1 heterocycles. The molecule has 1 fully saturated rings. The maximum Gasteiger partial charge on any atom is 0.322 e. The van der Waals surface area contributed by atoms with E-state index in [9.17, 15) is 13.2 Å². The van der Waals surface area contributed by atoms with Crippen LogP contribution in [0.4, 0.5) is 0 Å². The van der Waals surface area contributed by atoms with Gasteiger partial charge in [0.05, 0.1) is 18.6 Å². The molecule has 1 rings (SSSR count). The molecule has 1 aliphatic rings. The molecule has 1 unspecified atom stereocenters. The lowest BCUT2D eigenvalue weighted by Crippen LogP contribution is -2.43. The summed E-state index contributed by atoms with van der Waals surface area (Å²) >= 11 is 0. The summed E-state index contributed by atoms with van der Waals surface area (Å²) in [5.41, 5.74) is 5.46. The molecule has 0 aromatic rings. The summed E-state index contributed by atoms with van der Waals surface area (Å²) in [5.74, 6) is -0.154. The molecular weight excluding hydrogens is 194 g/mol. The first kappa shape index (κ1) is 10.5. The van der Waals surface area contributed by atoms with E-state index in [0.29, 0.717) is 6.42 Å². The van der Waals surface area contributed by atoms with E-state index in [1.54, 1.807) is 0 Å². The molecule has 1 saturated heterocycles. The van der Waals surface area contributed by atoms with Crippen molar-refractivity contribution in [3.05, 3.63) is 0 Å². The van der Waals surface area contributed by atoms with Crippen LogP contribution in [0, 0.1) is 5.92 Å². The summed E-state index contributed by atoms with van der Waals surface area (Å²) in [4.78, 5) is 10.9. The van der Waals surface area contributed by atoms with E-state index in [1.165, 1.54) is 7.11 Å². The average Bonchev–Trinajstić information content (AvgIpc) is 1.99. The predicted molar refractivity (Wildman–Crippen MR) is 46.8 cm³/mol. The summed E-state index contributed by atoms with van der Waals surface area (Å²) in [6.07, 6.45) is 0.395. The zero-order valence-corrected chi connectivity index (χ0v) is 8.21. The van der Waals surface area contributed by atoms with Crippen LogP contribution >= 0.6 is 0 Å². The number of hydrogen-bond donors (Lipinski definition) is 1. The van der Waals surface area contributed by atoms with Gasteiger partial charge in [0.25, 0.3) is 0 Å².